The molecule has 0 aromatic heterocycles. The summed E-state index contributed by atoms with van der Waals surface area (Å²) in [5.74, 6) is 0.664. The molecule has 0 aliphatic carbocycles. The van der Waals surface area contributed by atoms with Crippen molar-refractivity contribution in [3.05, 3.63) is 42.5 Å². The topological polar surface area (TPSA) is 50.4 Å². The standard InChI is InChI=1S/C15H22N2O2/c1-4-10-19-14-8-6-13(7-9-14)15(18)17-11-12(3)16-5-2/h4,6-9,12,16H,1,5,10-11H2,2-3H3,(H,17,18)/t12-/m1/s1. The summed E-state index contributed by atoms with van der Waals surface area (Å²) in [6.07, 6.45) is 1.68. The molecule has 0 bridgehead atoms. The van der Waals surface area contributed by atoms with E-state index in [0.29, 0.717) is 18.7 Å². The van der Waals surface area contributed by atoms with E-state index in [0.717, 1.165) is 12.3 Å². The zero-order valence-corrected chi connectivity index (χ0v) is 11.6. The molecule has 0 heterocycles. The first-order valence-electron chi connectivity index (χ1n) is 6.52. The van der Waals surface area contributed by atoms with Gasteiger partial charge in [-0.2, -0.15) is 0 Å². The molecule has 4 nitrogen and oxygen atoms in total. The minimum atomic E-state index is -0.0694. The molecule has 0 unspecified atom stereocenters. The number of hydrogen-bond acceptors (Lipinski definition) is 3. The van der Waals surface area contributed by atoms with Crippen molar-refractivity contribution in [2.45, 2.75) is 19.9 Å². The predicted octanol–water partition coefficient (Wildman–Crippen LogP) is 1.98. The molecule has 1 aromatic rings. The number of likely N-dealkylation sites (N-methyl/N-ethyl adjacent to an activating group) is 1. The Hall–Kier alpha value is -1.81. The average Bonchev–Trinajstić information content (AvgIpc) is 2.43. The van der Waals surface area contributed by atoms with E-state index in [9.17, 15) is 4.79 Å². The Balaban J connectivity index is 2.46. The maximum absolute atomic E-state index is 11.9. The monoisotopic (exact) mass is 262 g/mol. The van der Waals surface area contributed by atoms with E-state index in [-0.39, 0.29) is 11.9 Å². The normalized spacial score (nSPS) is 11.7. The number of rotatable bonds is 8. The second-order valence-electron chi connectivity index (χ2n) is 4.29. The molecule has 0 spiro atoms. The van der Waals surface area contributed by atoms with Gasteiger partial charge in [-0.3, -0.25) is 4.79 Å². The van der Waals surface area contributed by atoms with Gasteiger partial charge in [-0.25, -0.2) is 0 Å². The summed E-state index contributed by atoms with van der Waals surface area (Å²) in [6, 6.07) is 7.35. The van der Waals surface area contributed by atoms with Gasteiger partial charge in [0.2, 0.25) is 0 Å². The quantitative estimate of drug-likeness (QED) is 0.704. The molecule has 0 aliphatic heterocycles. The first-order valence-corrected chi connectivity index (χ1v) is 6.52. The van der Waals surface area contributed by atoms with Gasteiger partial charge >= 0.3 is 0 Å². The lowest BCUT2D eigenvalue weighted by molar-refractivity contribution is 0.0950. The van der Waals surface area contributed by atoms with Crippen molar-refractivity contribution in [3.8, 4) is 5.75 Å². The molecule has 1 atom stereocenters. The Kier molecular flexibility index (Phi) is 6.68. The van der Waals surface area contributed by atoms with Crippen LogP contribution in [0.4, 0.5) is 0 Å². The van der Waals surface area contributed by atoms with Crippen molar-refractivity contribution in [3.63, 3.8) is 0 Å². The van der Waals surface area contributed by atoms with E-state index < -0.39 is 0 Å². The minimum Gasteiger partial charge on any atom is -0.490 e. The molecule has 0 saturated heterocycles. The first-order chi connectivity index (χ1) is 9.17. The molecular formula is C15H22N2O2. The van der Waals surface area contributed by atoms with Crippen molar-refractivity contribution >= 4 is 5.91 Å². The minimum absolute atomic E-state index is 0.0694. The average molecular weight is 262 g/mol. The lowest BCUT2D eigenvalue weighted by Crippen LogP contribution is -2.38. The van der Waals surface area contributed by atoms with Gasteiger partial charge in [-0.1, -0.05) is 19.6 Å². The van der Waals surface area contributed by atoms with Crippen LogP contribution in [0.15, 0.2) is 36.9 Å². The molecule has 104 valence electrons. The summed E-state index contributed by atoms with van der Waals surface area (Å²) < 4.78 is 5.36. The summed E-state index contributed by atoms with van der Waals surface area (Å²) in [6.45, 7) is 9.63. The van der Waals surface area contributed by atoms with Gasteiger partial charge in [0.05, 0.1) is 0 Å². The molecule has 1 aromatic carbocycles. The smallest absolute Gasteiger partial charge is 0.251 e. The van der Waals surface area contributed by atoms with Crippen molar-refractivity contribution < 1.29 is 9.53 Å². The number of hydrogen-bond donors (Lipinski definition) is 2. The van der Waals surface area contributed by atoms with Crippen molar-refractivity contribution in [2.24, 2.45) is 0 Å². The van der Waals surface area contributed by atoms with E-state index in [1.807, 2.05) is 13.8 Å². The molecular weight excluding hydrogens is 240 g/mol. The van der Waals surface area contributed by atoms with Gasteiger partial charge in [0, 0.05) is 18.2 Å². The molecule has 1 rings (SSSR count). The summed E-state index contributed by atoms with van der Waals surface area (Å²) in [5, 5.41) is 6.13. The maximum atomic E-state index is 11.9. The van der Waals surface area contributed by atoms with E-state index in [2.05, 4.69) is 17.2 Å². The highest BCUT2D eigenvalue weighted by atomic mass is 16.5. The third kappa shape index (κ3) is 5.57. The van der Waals surface area contributed by atoms with Gasteiger partial charge in [-0.05, 0) is 37.7 Å². The zero-order chi connectivity index (χ0) is 14.1. The van der Waals surface area contributed by atoms with Crippen molar-refractivity contribution in [1.82, 2.24) is 10.6 Å². The summed E-state index contributed by atoms with van der Waals surface area (Å²) in [4.78, 5) is 11.9. The third-order valence-corrected chi connectivity index (χ3v) is 2.61. The van der Waals surface area contributed by atoms with Crippen LogP contribution in [0.3, 0.4) is 0 Å². The third-order valence-electron chi connectivity index (χ3n) is 2.61. The van der Waals surface area contributed by atoms with Crippen LogP contribution in [0.5, 0.6) is 5.75 Å². The van der Waals surface area contributed by atoms with Crippen LogP contribution in [-0.2, 0) is 0 Å². The Labute approximate surface area is 114 Å². The summed E-state index contributed by atoms with van der Waals surface area (Å²) in [5.41, 5.74) is 0.634. The largest absolute Gasteiger partial charge is 0.490 e. The molecule has 4 heteroatoms. The van der Waals surface area contributed by atoms with Gasteiger partial charge in [0.1, 0.15) is 12.4 Å². The number of nitrogens with one attached hydrogen (secondary N) is 2. The number of carbonyl (C=O) groups is 1. The molecule has 0 aliphatic rings. The van der Waals surface area contributed by atoms with Crippen LogP contribution < -0.4 is 15.4 Å². The fourth-order valence-corrected chi connectivity index (χ4v) is 1.63. The van der Waals surface area contributed by atoms with Crippen LogP contribution in [0.1, 0.15) is 24.2 Å². The fraction of sp³-hybridized carbons (Fsp3) is 0.400. The highest BCUT2D eigenvalue weighted by Gasteiger charge is 2.07. The van der Waals surface area contributed by atoms with Gasteiger partial charge in [-0.15, -0.1) is 0 Å². The second kappa shape index (κ2) is 8.32. The lowest BCUT2D eigenvalue weighted by atomic mass is 10.2. The van der Waals surface area contributed by atoms with Gasteiger partial charge in [0.15, 0.2) is 0 Å². The number of amides is 1. The molecule has 2 N–H and O–H groups in total. The maximum Gasteiger partial charge on any atom is 0.251 e. The lowest BCUT2D eigenvalue weighted by Gasteiger charge is -2.13. The second-order valence-corrected chi connectivity index (χ2v) is 4.29. The van der Waals surface area contributed by atoms with Crippen LogP contribution in [-0.4, -0.2) is 31.6 Å². The highest BCUT2D eigenvalue weighted by Crippen LogP contribution is 2.12. The van der Waals surface area contributed by atoms with Crippen LogP contribution in [0.25, 0.3) is 0 Å². The Morgan fingerprint density at radius 2 is 2.11 bits per heavy atom. The van der Waals surface area contributed by atoms with Crippen LogP contribution >= 0.6 is 0 Å². The van der Waals surface area contributed by atoms with E-state index in [1.54, 1.807) is 30.3 Å². The number of ether oxygens (including phenoxy) is 1. The molecule has 19 heavy (non-hydrogen) atoms. The van der Waals surface area contributed by atoms with E-state index >= 15 is 0 Å². The number of carbonyl (C=O) groups excluding carboxylic acids is 1. The number of benzene rings is 1. The Bertz CT molecular complexity index is 401. The molecule has 0 radical (unpaired) electrons. The molecule has 0 fully saturated rings. The van der Waals surface area contributed by atoms with Gasteiger partial charge in [0.25, 0.3) is 5.91 Å². The van der Waals surface area contributed by atoms with Gasteiger partial charge < -0.3 is 15.4 Å². The Morgan fingerprint density at radius 1 is 1.42 bits per heavy atom. The van der Waals surface area contributed by atoms with Crippen molar-refractivity contribution in [2.75, 3.05) is 19.7 Å². The van der Waals surface area contributed by atoms with Crippen LogP contribution in [0, 0.1) is 0 Å². The van der Waals surface area contributed by atoms with E-state index in [1.165, 1.54) is 0 Å². The SMILES string of the molecule is C=CCOc1ccc(C(=O)NC[C@@H](C)NCC)cc1. The first kappa shape index (κ1) is 15.2. The fourth-order valence-electron chi connectivity index (χ4n) is 1.63. The van der Waals surface area contributed by atoms with E-state index in [4.69, 9.17) is 4.74 Å². The predicted molar refractivity (Wildman–Crippen MR) is 77.6 cm³/mol. The highest BCUT2D eigenvalue weighted by molar-refractivity contribution is 5.94. The zero-order valence-electron chi connectivity index (χ0n) is 11.6. The van der Waals surface area contributed by atoms with Crippen molar-refractivity contribution in [1.29, 1.82) is 0 Å². The summed E-state index contributed by atoms with van der Waals surface area (Å²) >= 11 is 0. The summed E-state index contributed by atoms with van der Waals surface area (Å²) in [7, 11) is 0. The molecule has 0 saturated carbocycles. The Morgan fingerprint density at radius 3 is 2.68 bits per heavy atom. The molecule has 1 amide bonds. The van der Waals surface area contributed by atoms with Crippen LogP contribution in [0.2, 0.25) is 0 Å².